The highest BCUT2D eigenvalue weighted by Gasteiger charge is 2.07. The van der Waals surface area contributed by atoms with Gasteiger partial charge in [-0.15, -0.1) is 0 Å². The minimum absolute atomic E-state index is 0.0135. The average Bonchev–Trinajstić information content (AvgIpc) is 2.43. The molecule has 0 aliphatic heterocycles. The molecule has 0 spiro atoms. The highest BCUT2D eigenvalue weighted by Crippen LogP contribution is 2.19. The second-order valence-electron chi connectivity index (χ2n) is 4.71. The number of hydrogen-bond acceptors (Lipinski definition) is 3. The fourth-order valence-electron chi connectivity index (χ4n) is 1.51. The summed E-state index contributed by atoms with van der Waals surface area (Å²) in [4.78, 5) is 15.8. The second kappa shape index (κ2) is 6.52. The van der Waals surface area contributed by atoms with Gasteiger partial charge >= 0.3 is 0 Å². The third-order valence-corrected chi connectivity index (χ3v) is 3.20. The zero-order chi connectivity index (χ0) is 14.5. The normalized spacial score (nSPS) is 10.4. The molecule has 20 heavy (non-hydrogen) atoms. The third-order valence-electron chi connectivity index (χ3n) is 2.67. The molecule has 1 heterocycles. The van der Waals surface area contributed by atoms with Crippen molar-refractivity contribution < 1.29 is 4.79 Å². The van der Waals surface area contributed by atoms with E-state index in [1.165, 1.54) is 0 Å². The first-order chi connectivity index (χ1) is 9.54. The standard InChI is InChI=1S/C15H16BrN3O/c1-10(2)15(20)19-13-7-8-14(17-9-13)18-12-5-3-11(16)4-6-12/h3-10H,1-2H3,(H,17,18)(H,19,20). The molecular formula is C15H16BrN3O. The van der Waals surface area contributed by atoms with Crippen LogP contribution in [0.25, 0.3) is 0 Å². The predicted molar refractivity (Wildman–Crippen MR) is 85.1 cm³/mol. The summed E-state index contributed by atoms with van der Waals surface area (Å²) >= 11 is 3.39. The van der Waals surface area contributed by atoms with E-state index in [-0.39, 0.29) is 11.8 Å². The van der Waals surface area contributed by atoms with Crippen molar-refractivity contribution in [1.29, 1.82) is 0 Å². The highest BCUT2D eigenvalue weighted by atomic mass is 79.9. The maximum Gasteiger partial charge on any atom is 0.226 e. The van der Waals surface area contributed by atoms with Crippen LogP contribution >= 0.6 is 15.9 Å². The molecule has 5 heteroatoms. The van der Waals surface area contributed by atoms with Crippen molar-refractivity contribution in [3.8, 4) is 0 Å². The van der Waals surface area contributed by atoms with Gasteiger partial charge in [0.05, 0.1) is 11.9 Å². The molecule has 1 aromatic heterocycles. The van der Waals surface area contributed by atoms with Crippen LogP contribution in [0, 0.1) is 5.92 Å². The Bertz CT molecular complexity index is 579. The van der Waals surface area contributed by atoms with Crippen molar-refractivity contribution in [2.24, 2.45) is 5.92 Å². The molecule has 0 unspecified atom stereocenters. The lowest BCUT2D eigenvalue weighted by atomic mass is 10.2. The van der Waals surface area contributed by atoms with Crippen LogP contribution < -0.4 is 10.6 Å². The molecule has 1 aromatic carbocycles. The van der Waals surface area contributed by atoms with E-state index in [1.807, 2.05) is 50.2 Å². The van der Waals surface area contributed by atoms with Gasteiger partial charge in [0, 0.05) is 16.1 Å². The first-order valence-corrected chi connectivity index (χ1v) is 7.13. The Morgan fingerprint density at radius 2 is 1.75 bits per heavy atom. The van der Waals surface area contributed by atoms with E-state index in [2.05, 4.69) is 31.5 Å². The predicted octanol–water partition coefficient (Wildman–Crippen LogP) is 4.18. The van der Waals surface area contributed by atoms with Gasteiger partial charge in [0.15, 0.2) is 0 Å². The summed E-state index contributed by atoms with van der Waals surface area (Å²) in [7, 11) is 0. The lowest BCUT2D eigenvalue weighted by Crippen LogP contribution is -2.17. The molecule has 104 valence electrons. The molecule has 0 atom stereocenters. The average molecular weight is 334 g/mol. The lowest BCUT2D eigenvalue weighted by molar-refractivity contribution is -0.118. The number of carbonyl (C=O) groups is 1. The monoisotopic (exact) mass is 333 g/mol. The number of anilines is 3. The number of aromatic nitrogens is 1. The highest BCUT2D eigenvalue weighted by molar-refractivity contribution is 9.10. The molecule has 0 bridgehead atoms. The Morgan fingerprint density at radius 3 is 2.30 bits per heavy atom. The summed E-state index contributed by atoms with van der Waals surface area (Å²) in [6, 6.07) is 11.5. The Morgan fingerprint density at radius 1 is 1.10 bits per heavy atom. The minimum atomic E-state index is -0.0458. The van der Waals surface area contributed by atoms with Crippen LogP contribution in [0.5, 0.6) is 0 Å². The van der Waals surface area contributed by atoms with Crippen molar-refractivity contribution in [2.45, 2.75) is 13.8 Å². The zero-order valence-corrected chi connectivity index (χ0v) is 12.9. The number of hydrogen-bond donors (Lipinski definition) is 2. The number of nitrogens with zero attached hydrogens (tertiary/aromatic N) is 1. The number of rotatable bonds is 4. The van der Waals surface area contributed by atoms with E-state index in [0.717, 1.165) is 16.0 Å². The van der Waals surface area contributed by atoms with E-state index in [0.29, 0.717) is 5.69 Å². The van der Waals surface area contributed by atoms with Crippen LogP contribution in [0.3, 0.4) is 0 Å². The summed E-state index contributed by atoms with van der Waals surface area (Å²) < 4.78 is 1.03. The quantitative estimate of drug-likeness (QED) is 0.882. The number of halogens is 1. The van der Waals surface area contributed by atoms with Crippen LogP contribution in [0.15, 0.2) is 47.1 Å². The molecule has 4 nitrogen and oxygen atoms in total. The SMILES string of the molecule is CC(C)C(=O)Nc1ccc(Nc2ccc(Br)cc2)nc1. The summed E-state index contributed by atoms with van der Waals surface area (Å²) in [6.07, 6.45) is 1.64. The van der Waals surface area contributed by atoms with E-state index in [1.54, 1.807) is 6.20 Å². The maximum atomic E-state index is 11.6. The molecule has 0 aliphatic rings. The zero-order valence-electron chi connectivity index (χ0n) is 11.4. The van der Waals surface area contributed by atoms with Crippen LogP contribution in [0.1, 0.15) is 13.8 Å². The summed E-state index contributed by atoms with van der Waals surface area (Å²) in [5.74, 6) is 0.672. The van der Waals surface area contributed by atoms with Crippen LogP contribution in [0.4, 0.5) is 17.2 Å². The van der Waals surface area contributed by atoms with Crippen LogP contribution in [-0.2, 0) is 4.79 Å². The second-order valence-corrected chi connectivity index (χ2v) is 5.62. The Kier molecular flexibility index (Phi) is 4.74. The van der Waals surface area contributed by atoms with Crippen molar-refractivity contribution in [1.82, 2.24) is 4.98 Å². The van der Waals surface area contributed by atoms with Crippen molar-refractivity contribution >= 4 is 39.0 Å². The fourth-order valence-corrected chi connectivity index (χ4v) is 1.77. The fraction of sp³-hybridized carbons (Fsp3) is 0.200. The van der Waals surface area contributed by atoms with E-state index >= 15 is 0 Å². The number of pyridine rings is 1. The summed E-state index contributed by atoms with van der Waals surface area (Å²) in [5, 5.41) is 5.99. The van der Waals surface area contributed by atoms with Gasteiger partial charge in [-0.1, -0.05) is 29.8 Å². The maximum absolute atomic E-state index is 11.6. The molecule has 2 rings (SSSR count). The number of benzene rings is 1. The first-order valence-electron chi connectivity index (χ1n) is 6.34. The lowest BCUT2D eigenvalue weighted by Gasteiger charge is -2.09. The first kappa shape index (κ1) is 14.5. The van der Waals surface area contributed by atoms with Gasteiger partial charge in [-0.25, -0.2) is 4.98 Å². The van der Waals surface area contributed by atoms with Gasteiger partial charge < -0.3 is 10.6 Å². The smallest absolute Gasteiger partial charge is 0.226 e. The summed E-state index contributed by atoms with van der Waals surface area (Å²) in [6.45, 7) is 3.71. The van der Waals surface area contributed by atoms with Crippen molar-refractivity contribution in [2.75, 3.05) is 10.6 Å². The van der Waals surface area contributed by atoms with E-state index < -0.39 is 0 Å². The summed E-state index contributed by atoms with van der Waals surface area (Å²) in [5.41, 5.74) is 1.66. The van der Waals surface area contributed by atoms with Crippen molar-refractivity contribution in [3.05, 3.63) is 47.1 Å². The van der Waals surface area contributed by atoms with Gasteiger partial charge in [-0.3, -0.25) is 4.79 Å². The number of carbonyl (C=O) groups excluding carboxylic acids is 1. The number of amides is 1. The Hall–Kier alpha value is -1.88. The molecular weight excluding hydrogens is 318 g/mol. The molecule has 2 N–H and O–H groups in total. The van der Waals surface area contributed by atoms with Gasteiger partial charge in [-0.05, 0) is 36.4 Å². The largest absolute Gasteiger partial charge is 0.340 e. The van der Waals surface area contributed by atoms with Crippen molar-refractivity contribution in [3.63, 3.8) is 0 Å². The molecule has 0 fully saturated rings. The molecule has 2 aromatic rings. The minimum Gasteiger partial charge on any atom is -0.340 e. The van der Waals surface area contributed by atoms with Crippen LogP contribution in [-0.4, -0.2) is 10.9 Å². The van der Waals surface area contributed by atoms with Gasteiger partial charge in [0.25, 0.3) is 0 Å². The van der Waals surface area contributed by atoms with Crippen LogP contribution in [0.2, 0.25) is 0 Å². The Balaban J connectivity index is 2.01. The molecule has 1 amide bonds. The van der Waals surface area contributed by atoms with E-state index in [9.17, 15) is 4.79 Å². The molecule has 0 aliphatic carbocycles. The van der Waals surface area contributed by atoms with E-state index in [4.69, 9.17) is 0 Å². The molecule has 0 radical (unpaired) electrons. The topological polar surface area (TPSA) is 54.0 Å². The molecule has 0 saturated carbocycles. The Labute approximate surface area is 126 Å². The number of nitrogens with one attached hydrogen (secondary N) is 2. The van der Waals surface area contributed by atoms with Gasteiger partial charge in [-0.2, -0.15) is 0 Å². The van der Waals surface area contributed by atoms with Gasteiger partial charge in [0.1, 0.15) is 5.82 Å². The third kappa shape index (κ3) is 4.06. The van der Waals surface area contributed by atoms with Gasteiger partial charge in [0.2, 0.25) is 5.91 Å². The molecule has 0 saturated heterocycles.